The number of aryl methyl sites for hydroxylation is 2. The highest BCUT2D eigenvalue weighted by Gasteiger charge is 2.64. The summed E-state index contributed by atoms with van der Waals surface area (Å²) < 4.78 is 14.3. The molecule has 8 bridgehead atoms. The van der Waals surface area contributed by atoms with Crippen molar-refractivity contribution in [2.75, 3.05) is 9.80 Å². The molecular weight excluding hydrogens is 1420 g/mol. The number of hydrogen-bond donors (Lipinski definition) is 0. The van der Waals surface area contributed by atoms with Gasteiger partial charge in [-0.25, -0.2) is 0 Å². The highest BCUT2D eigenvalue weighted by molar-refractivity contribution is 6.09. The normalized spacial score (nSPS) is 24.7. The predicted octanol–water partition coefficient (Wildman–Crippen LogP) is 30.4. The van der Waals surface area contributed by atoms with Crippen LogP contribution in [0.3, 0.4) is 0 Å². The van der Waals surface area contributed by atoms with Gasteiger partial charge in [-0.15, -0.1) is 0 Å². The summed E-state index contributed by atoms with van der Waals surface area (Å²) in [5, 5.41) is 4.79. The molecule has 13 aromatic carbocycles. The second-order valence-corrected chi connectivity index (χ2v) is 40.0. The Morgan fingerprint density at radius 1 is 0.333 bits per heavy atom. The van der Waals surface area contributed by atoms with E-state index in [4.69, 9.17) is 8.83 Å². The molecule has 27 rings (SSSR count). The maximum Gasteiger partial charge on any atom is 0.139 e. The van der Waals surface area contributed by atoms with Crippen molar-refractivity contribution >= 4 is 78.0 Å². The molecule has 117 heavy (non-hydrogen) atoms. The number of anilines is 6. The van der Waals surface area contributed by atoms with Crippen LogP contribution >= 0.6 is 0 Å². The van der Waals surface area contributed by atoms with Gasteiger partial charge in [0.2, 0.25) is 0 Å². The minimum Gasteiger partial charge on any atom is -0.456 e. The van der Waals surface area contributed by atoms with E-state index in [1.807, 2.05) is 0 Å². The second kappa shape index (κ2) is 25.1. The molecule has 15 aromatic rings. The van der Waals surface area contributed by atoms with Crippen LogP contribution in [-0.2, 0) is 39.9 Å². The summed E-state index contributed by atoms with van der Waals surface area (Å²) in [7, 11) is 0. The van der Waals surface area contributed by atoms with Crippen molar-refractivity contribution in [1.29, 1.82) is 0 Å². The van der Waals surface area contributed by atoms with E-state index in [0.29, 0.717) is 29.6 Å². The largest absolute Gasteiger partial charge is 0.456 e. The highest BCUT2D eigenvalue weighted by atomic mass is 16.3. The van der Waals surface area contributed by atoms with Crippen molar-refractivity contribution in [2.45, 2.75) is 171 Å². The topological polar surface area (TPSA) is 32.8 Å². The number of para-hydroxylation sites is 1. The van der Waals surface area contributed by atoms with Crippen LogP contribution in [0.4, 0.5) is 34.1 Å². The molecule has 0 amide bonds. The molecule has 1 spiro atoms. The zero-order valence-corrected chi connectivity index (χ0v) is 68.5. The van der Waals surface area contributed by atoms with Gasteiger partial charge in [0.1, 0.15) is 22.3 Å². The number of nitrogens with zero attached hydrogens (tertiary/aromatic N) is 2. The molecule has 8 saturated carbocycles. The Labute approximate surface area is 689 Å². The average Bonchev–Trinajstić information content (AvgIpc) is 1.51. The fourth-order valence-corrected chi connectivity index (χ4v) is 27.9. The fraction of sp³-hybridized carbons (Fsp3) is 0.310. The maximum absolute atomic E-state index is 7.39. The first-order chi connectivity index (χ1) is 57.1. The van der Waals surface area contributed by atoms with E-state index < -0.39 is 0 Å². The molecule has 0 unspecified atom stereocenters. The molecule has 4 nitrogen and oxygen atoms in total. The van der Waals surface area contributed by atoms with Gasteiger partial charge in [-0.05, 0) is 345 Å². The highest BCUT2D eigenvalue weighted by Crippen LogP contribution is 2.72. The van der Waals surface area contributed by atoms with Gasteiger partial charge in [0, 0.05) is 89.6 Å². The van der Waals surface area contributed by atoms with Crippen molar-refractivity contribution < 1.29 is 8.83 Å². The summed E-state index contributed by atoms with van der Waals surface area (Å²) >= 11 is 0. The number of fused-ring (bicyclic) bond motifs is 18. The SMILES string of the molecule is CC(C)(CC1C2CC3CC1CC(C2)C31c2ccccc2-c2ccc(N(c3ccc4c(c3)C(C)(C)c3ccccc3-4)c3ccc4c(c3)oc3c(C56CC7CC(CC(C7)C5)C6)cccc34)cc21)c1ccc(-c2ccc3oc4cc(N(c5ccc6c(c5)CCCCCc5ccccc5-6)c5ccc6c(c5)C(C)(C)c5ccccc5-6)ccc4c3c2)cc1. The summed E-state index contributed by atoms with van der Waals surface area (Å²) in [6.45, 7) is 14.7. The lowest BCUT2D eigenvalue weighted by molar-refractivity contribution is -0.0902. The van der Waals surface area contributed by atoms with E-state index in [-0.39, 0.29) is 27.1 Å². The molecule has 2 aromatic heterocycles. The number of furan rings is 2. The minimum atomic E-state index is -0.144. The summed E-state index contributed by atoms with van der Waals surface area (Å²) in [5.74, 6) is 5.90. The molecule has 8 fully saturated rings. The van der Waals surface area contributed by atoms with Gasteiger partial charge in [0.05, 0.1) is 0 Å². The Bertz CT molecular complexity index is 6620. The average molecular weight is 1520 g/mol. The van der Waals surface area contributed by atoms with Crippen molar-refractivity contribution in [3.05, 3.63) is 323 Å². The van der Waals surface area contributed by atoms with Gasteiger partial charge in [0.25, 0.3) is 0 Å². The smallest absolute Gasteiger partial charge is 0.139 e. The third-order valence-electron chi connectivity index (χ3n) is 32.7. The molecule has 0 N–H and O–H groups in total. The van der Waals surface area contributed by atoms with Crippen molar-refractivity contribution in [3.63, 3.8) is 0 Å². The predicted molar refractivity (Wildman–Crippen MR) is 484 cm³/mol. The first-order valence-electron chi connectivity index (χ1n) is 44.7. The lowest BCUT2D eigenvalue weighted by Gasteiger charge is -2.64. The first-order valence-corrected chi connectivity index (χ1v) is 44.7. The molecule has 576 valence electrons. The molecule has 12 aliphatic rings. The molecule has 0 atom stereocenters. The van der Waals surface area contributed by atoms with Crippen molar-refractivity contribution in [2.24, 2.45) is 47.3 Å². The van der Waals surface area contributed by atoms with Crippen LogP contribution < -0.4 is 9.80 Å². The molecule has 0 radical (unpaired) electrons. The van der Waals surface area contributed by atoms with Crippen molar-refractivity contribution in [3.8, 4) is 55.6 Å². The summed E-state index contributed by atoms with van der Waals surface area (Å²) in [4.78, 5) is 5.10. The molecule has 12 aliphatic carbocycles. The Hall–Kier alpha value is -10.9. The lowest BCUT2D eigenvalue weighted by Crippen LogP contribution is -2.58. The summed E-state index contributed by atoms with van der Waals surface area (Å²) in [6, 6.07) is 104. The molecule has 0 saturated heterocycles. The summed E-state index contributed by atoms with van der Waals surface area (Å²) in [6.07, 6.45) is 20.5. The van der Waals surface area contributed by atoms with Crippen LogP contribution in [0.15, 0.2) is 276 Å². The zero-order chi connectivity index (χ0) is 77.7. The molecule has 4 heteroatoms. The van der Waals surface area contributed by atoms with E-state index >= 15 is 0 Å². The van der Waals surface area contributed by atoms with E-state index in [1.165, 1.54) is 218 Å². The van der Waals surface area contributed by atoms with Gasteiger partial charge in [-0.1, -0.05) is 218 Å². The van der Waals surface area contributed by atoms with Crippen molar-refractivity contribution in [1.82, 2.24) is 0 Å². The maximum atomic E-state index is 7.39. The standard InChI is InChI=1S/C113H102N2O2/c1-109(2,76-34-31-70(32-35-76)72-33-48-105-96(57-72)94-47-41-83(61-106(94)116-105)114(80-37-43-90-87-23-12-15-27-98(87)110(3,4)102(90)58-80)79-36-42-86-73(56-79)21-9-7-8-19-71-20-10-11-22-85(71)86)66-97-74-52-77-54-75(97)55-78(53-74)113(77)100-29-17-14-25-89(100)92-45-39-82(60-104(92)113)115(81-38-44-91-88-24-13-16-28-99(88)111(5,6)103(91)59-81)84-40-46-93-95-26-18-30-101(108(95)117-107(93)62-84)112-63-67-49-68(64-112)51-69(50-67)65-112/h10-18,20,22-48,56-62,67-69,74-75,77-78,97H,7-9,19,21,49-55,63-66H2,1-6H3. The van der Waals surface area contributed by atoms with Crippen LogP contribution in [0.25, 0.3) is 99.5 Å². The Balaban J connectivity index is 0.513. The van der Waals surface area contributed by atoms with Gasteiger partial charge in [-0.3, -0.25) is 0 Å². The lowest BCUT2D eigenvalue weighted by atomic mass is 9.40. The van der Waals surface area contributed by atoms with Crippen LogP contribution in [0.2, 0.25) is 0 Å². The van der Waals surface area contributed by atoms with E-state index in [0.717, 1.165) is 80.8 Å². The van der Waals surface area contributed by atoms with E-state index in [9.17, 15) is 0 Å². The first kappa shape index (κ1) is 69.2. The summed E-state index contributed by atoms with van der Waals surface area (Å²) in [5.41, 5.74) is 38.9. The van der Waals surface area contributed by atoms with E-state index in [2.05, 4.69) is 318 Å². The van der Waals surface area contributed by atoms with Crippen LogP contribution in [0.5, 0.6) is 0 Å². The Morgan fingerprint density at radius 3 is 1.39 bits per heavy atom. The van der Waals surface area contributed by atoms with Gasteiger partial charge < -0.3 is 18.6 Å². The monoisotopic (exact) mass is 1520 g/mol. The Kier molecular flexibility index (Phi) is 14.8. The van der Waals surface area contributed by atoms with Gasteiger partial charge in [-0.2, -0.15) is 0 Å². The van der Waals surface area contributed by atoms with Crippen LogP contribution in [-0.4, -0.2) is 0 Å². The van der Waals surface area contributed by atoms with Crippen LogP contribution in [0, 0.1) is 47.3 Å². The number of hydrogen-bond acceptors (Lipinski definition) is 4. The zero-order valence-electron chi connectivity index (χ0n) is 68.5. The van der Waals surface area contributed by atoms with Crippen LogP contribution in [0.1, 0.15) is 187 Å². The third-order valence-corrected chi connectivity index (χ3v) is 32.7. The van der Waals surface area contributed by atoms with Gasteiger partial charge in [0.15, 0.2) is 0 Å². The molecular formula is C113H102N2O2. The quantitative estimate of drug-likeness (QED) is 0.129. The second-order valence-electron chi connectivity index (χ2n) is 40.0. The molecule has 2 heterocycles. The number of rotatable bonds is 11. The Morgan fingerprint density at radius 2 is 0.786 bits per heavy atom. The van der Waals surface area contributed by atoms with E-state index in [1.54, 1.807) is 11.1 Å². The number of benzene rings is 13. The van der Waals surface area contributed by atoms with Gasteiger partial charge >= 0.3 is 0 Å². The third kappa shape index (κ3) is 10.1. The fourth-order valence-electron chi connectivity index (χ4n) is 27.9. The molecule has 0 aliphatic heterocycles. The minimum absolute atomic E-state index is 0.0126.